The van der Waals surface area contributed by atoms with E-state index in [1.165, 1.54) is 14.2 Å². The third-order valence-corrected chi connectivity index (χ3v) is 2.91. The number of methoxy groups -OCH3 is 2. The van der Waals surface area contributed by atoms with Crippen LogP contribution in [0.1, 0.15) is 12.0 Å². The number of aliphatic carboxylic acids is 1. The summed E-state index contributed by atoms with van der Waals surface area (Å²) in [6.07, 6.45) is -4.04. The Morgan fingerprint density at radius 2 is 1.77 bits per heavy atom. The van der Waals surface area contributed by atoms with Crippen molar-refractivity contribution in [2.24, 2.45) is 0 Å². The highest BCUT2D eigenvalue weighted by atomic mass is 19.3. The molecular weight excluding hydrogens is 300 g/mol. The Hall–Kier alpha value is -2.38. The van der Waals surface area contributed by atoms with E-state index in [0.29, 0.717) is 17.1 Å². The lowest BCUT2D eigenvalue weighted by Gasteiger charge is -2.16. The number of carboxylic acid groups (broad SMARTS) is 1. The fourth-order valence-electron chi connectivity index (χ4n) is 1.91. The topological polar surface area (TPSA) is 84.9 Å². The van der Waals surface area contributed by atoms with E-state index in [1.807, 2.05) is 0 Å². The van der Waals surface area contributed by atoms with Crippen LogP contribution in [0.15, 0.2) is 18.2 Å². The van der Waals surface area contributed by atoms with Crippen LogP contribution in [0.25, 0.3) is 0 Å². The normalized spacial score (nSPS) is 11.9. The molecule has 6 nitrogen and oxygen atoms in total. The van der Waals surface area contributed by atoms with Crippen LogP contribution in [0.5, 0.6) is 11.5 Å². The smallest absolute Gasteiger partial charge is 0.326 e. The van der Waals surface area contributed by atoms with E-state index in [2.05, 4.69) is 5.32 Å². The number of alkyl halides is 2. The predicted molar refractivity (Wildman–Crippen MR) is 73.4 cm³/mol. The van der Waals surface area contributed by atoms with Crippen LogP contribution in [0.2, 0.25) is 0 Å². The Kier molecular flexibility index (Phi) is 6.55. The summed E-state index contributed by atoms with van der Waals surface area (Å²) in [5, 5.41) is 10.9. The van der Waals surface area contributed by atoms with Crippen molar-refractivity contribution in [3.8, 4) is 11.5 Å². The SMILES string of the molecule is COc1cccc(OC)c1CC(=O)NC(CC(F)F)C(=O)O. The Morgan fingerprint density at radius 3 is 2.18 bits per heavy atom. The first kappa shape index (κ1) is 17.7. The number of amides is 1. The second kappa shape index (κ2) is 8.16. The van der Waals surface area contributed by atoms with E-state index in [9.17, 15) is 18.4 Å². The van der Waals surface area contributed by atoms with Gasteiger partial charge in [-0.15, -0.1) is 0 Å². The molecule has 0 aromatic heterocycles. The van der Waals surface area contributed by atoms with E-state index >= 15 is 0 Å². The average molecular weight is 317 g/mol. The number of hydrogen-bond acceptors (Lipinski definition) is 4. The van der Waals surface area contributed by atoms with E-state index in [-0.39, 0.29) is 6.42 Å². The van der Waals surface area contributed by atoms with Gasteiger partial charge in [0.1, 0.15) is 17.5 Å². The first-order valence-electron chi connectivity index (χ1n) is 6.39. The fourth-order valence-corrected chi connectivity index (χ4v) is 1.91. The van der Waals surface area contributed by atoms with Crippen LogP contribution in [0.3, 0.4) is 0 Å². The molecule has 22 heavy (non-hydrogen) atoms. The maximum absolute atomic E-state index is 12.3. The molecule has 0 spiro atoms. The van der Waals surface area contributed by atoms with Gasteiger partial charge in [-0.1, -0.05) is 6.07 Å². The van der Waals surface area contributed by atoms with Gasteiger partial charge in [-0.05, 0) is 12.1 Å². The molecule has 0 saturated carbocycles. The minimum Gasteiger partial charge on any atom is -0.496 e. The van der Waals surface area contributed by atoms with E-state index in [4.69, 9.17) is 14.6 Å². The van der Waals surface area contributed by atoms with Gasteiger partial charge in [0.2, 0.25) is 12.3 Å². The lowest BCUT2D eigenvalue weighted by Crippen LogP contribution is -2.42. The van der Waals surface area contributed by atoms with E-state index in [0.717, 1.165) is 0 Å². The number of hydrogen-bond donors (Lipinski definition) is 2. The summed E-state index contributed by atoms with van der Waals surface area (Å²) in [6, 6.07) is 3.24. The predicted octanol–water partition coefficient (Wildman–Crippen LogP) is 1.47. The van der Waals surface area contributed by atoms with Crippen LogP contribution < -0.4 is 14.8 Å². The number of carbonyl (C=O) groups is 2. The summed E-state index contributed by atoms with van der Waals surface area (Å²) in [5.74, 6) is -1.46. The van der Waals surface area contributed by atoms with Crippen LogP contribution in [0.4, 0.5) is 8.78 Å². The third-order valence-electron chi connectivity index (χ3n) is 2.91. The number of benzene rings is 1. The van der Waals surface area contributed by atoms with Gasteiger partial charge < -0.3 is 19.9 Å². The highest BCUT2D eigenvalue weighted by molar-refractivity contribution is 5.85. The van der Waals surface area contributed by atoms with Crippen molar-refractivity contribution in [2.75, 3.05) is 14.2 Å². The van der Waals surface area contributed by atoms with Crippen LogP contribution in [-0.2, 0) is 16.0 Å². The summed E-state index contributed by atoms with van der Waals surface area (Å²) < 4.78 is 34.8. The molecule has 2 N–H and O–H groups in total. The zero-order valence-corrected chi connectivity index (χ0v) is 12.1. The number of rotatable bonds is 8. The first-order chi connectivity index (χ1) is 10.4. The highest BCUT2D eigenvalue weighted by Crippen LogP contribution is 2.28. The number of ether oxygens (including phenoxy) is 2. The molecule has 0 saturated heterocycles. The summed E-state index contributed by atoms with van der Waals surface area (Å²) in [7, 11) is 2.82. The quantitative estimate of drug-likeness (QED) is 0.758. The van der Waals surface area contributed by atoms with Gasteiger partial charge in [0.05, 0.1) is 20.6 Å². The van der Waals surface area contributed by atoms with E-state index in [1.54, 1.807) is 18.2 Å². The molecule has 1 aromatic carbocycles. The molecule has 0 heterocycles. The van der Waals surface area contributed by atoms with Gasteiger partial charge in [0.15, 0.2) is 0 Å². The van der Waals surface area contributed by atoms with Crippen molar-refractivity contribution in [2.45, 2.75) is 25.3 Å². The number of nitrogens with one attached hydrogen (secondary N) is 1. The maximum atomic E-state index is 12.3. The van der Waals surface area contributed by atoms with Gasteiger partial charge >= 0.3 is 5.97 Å². The third kappa shape index (κ3) is 4.87. The Balaban J connectivity index is 2.86. The van der Waals surface area contributed by atoms with Crippen molar-refractivity contribution in [3.63, 3.8) is 0 Å². The van der Waals surface area contributed by atoms with Gasteiger partial charge in [0.25, 0.3) is 0 Å². The van der Waals surface area contributed by atoms with Crippen molar-refractivity contribution in [1.29, 1.82) is 0 Å². The highest BCUT2D eigenvalue weighted by Gasteiger charge is 2.25. The van der Waals surface area contributed by atoms with Crippen molar-refractivity contribution in [3.05, 3.63) is 23.8 Å². The monoisotopic (exact) mass is 317 g/mol. The molecule has 0 aliphatic heterocycles. The Bertz CT molecular complexity index is 514. The molecular formula is C14H17F2NO5. The van der Waals surface area contributed by atoms with Crippen LogP contribution in [-0.4, -0.2) is 43.7 Å². The molecule has 1 unspecified atom stereocenters. The van der Waals surface area contributed by atoms with Crippen molar-refractivity contribution >= 4 is 11.9 Å². The summed E-state index contributed by atoms with van der Waals surface area (Å²) in [4.78, 5) is 22.8. The minimum atomic E-state index is -2.83. The summed E-state index contributed by atoms with van der Waals surface area (Å²) >= 11 is 0. The lowest BCUT2D eigenvalue weighted by atomic mass is 10.1. The summed E-state index contributed by atoms with van der Waals surface area (Å²) in [5.41, 5.74) is 0.409. The van der Waals surface area contributed by atoms with E-state index < -0.39 is 30.8 Å². The zero-order valence-electron chi connectivity index (χ0n) is 12.1. The Morgan fingerprint density at radius 1 is 1.23 bits per heavy atom. The van der Waals surface area contributed by atoms with Gasteiger partial charge in [-0.3, -0.25) is 4.79 Å². The molecule has 1 rings (SSSR count). The summed E-state index contributed by atoms with van der Waals surface area (Å²) in [6.45, 7) is 0. The van der Waals surface area contributed by atoms with Crippen molar-refractivity contribution < 1.29 is 33.0 Å². The van der Waals surface area contributed by atoms with Gasteiger partial charge in [-0.2, -0.15) is 0 Å². The number of carbonyl (C=O) groups excluding carboxylic acids is 1. The first-order valence-corrected chi connectivity index (χ1v) is 6.39. The molecule has 0 radical (unpaired) electrons. The number of halogens is 2. The minimum absolute atomic E-state index is 0.250. The molecule has 0 aliphatic rings. The maximum Gasteiger partial charge on any atom is 0.326 e. The Labute approximate surface area is 126 Å². The van der Waals surface area contributed by atoms with Gasteiger partial charge in [0, 0.05) is 12.0 Å². The molecule has 0 aliphatic carbocycles. The zero-order chi connectivity index (χ0) is 16.7. The van der Waals surface area contributed by atoms with Crippen LogP contribution >= 0.6 is 0 Å². The average Bonchev–Trinajstić information content (AvgIpc) is 2.46. The molecule has 1 atom stereocenters. The second-order valence-electron chi connectivity index (χ2n) is 4.40. The molecule has 8 heteroatoms. The second-order valence-corrected chi connectivity index (χ2v) is 4.40. The fraction of sp³-hybridized carbons (Fsp3) is 0.429. The number of carboxylic acids is 1. The lowest BCUT2D eigenvalue weighted by molar-refractivity contribution is -0.142. The van der Waals surface area contributed by atoms with Gasteiger partial charge in [-0.25, -0.2) is 13.6 Å². The molecule has 122 valence electrons. The molecule has 0 fully saturated rings. The standard InChI is InChI=1S/C14H17F2NO5/c1-21-10-4-3-5-11(22-2)8(10)6-13(18)17-9(14(19)20)7-12(15)16/h3-5,9,12H,6-7H2,1-2H3,(H,17,18)(H,19,20). The van der Waals surface area contributed by atoms with Crippen molar-refractivity contribution in [1.82, 2.24) is 5.32 Å². The molecule has 1 aromatic rings. The van der Waals surface area contributed by atoms with Crippen LogP contribution in [0, 0.1) is 0 Å². The molecule has 1 amide bonds. The largest absolute Gasteiger partial charge is 0.496 e. The molecule has 0 bridgehead atoms.